The summed E-state index contributed by atoms with van der Waals surface area (Å²) in [7, 11) is 1.66. The number of hydrogen-bond acceptors (Lipinski definition) is 3. The van der Waals surface area contributed by atoms with Crippen LogP contribution in [0.3, 0.4) is 0 Å². The van der Waals surface area contributed by atoms with E-state index in [0.717, 1.165) is 29.3 Å². The van der Waals surface area contributed by atoms with Crippen LogP contribution in [0, 0.1) is 0 Å². The van der Waals surface area contributed by atoms with Crippen LogP contribution >= 0.6 is 0 Å². The van der Waals surface area contributed by atoms with Crippen molar-refractivity contribution in [2.24, 2.45) is 5.73 Å². The second-order valence-corrected chi connectivity index (χ2v) is 4.37. The molecule has 2 N–H and O–H groups in total. The van der Waals surface area contributed by atoms with E-state index in [4.69, 9.17) is 10.5 Å². The number of ether oxygens (including phenoxy) is 1. The number of benzene rings is 1. The van der Waals surface area contributed by atoms with Gasteiger partial charge < -0.3 is 10.5 Å². The van der Waals surface area contributed by atoms with Crippen LogP contribution in [0.25, 0.3) is 10.9 Å². The molecule has 0 aliphatic heterocycles. The molecule has 3 nitrogen and oxygen atoms in total. The van der Waals surface area contributed by atoms with Gasteiger partial charge in [-0.2, -0.15) is 0 Å². The zero-order chi connectivity index (χ0) is 12.3. The number of pyridine rings is 1. The highest BCUT2D eigenvalue weighted by molar-refractivity contribution is 5.80. The summed E-state index contributed by atoms with van der Waals surface area (Å²) < 4.78 is 5.33. The van der Waals surface area contributed by atoms with Crippen LogP contribution < -0.4 is 10.5 Å². The Bertz CT molecular complexity index is 509. The molecule has 0 aliphatic carbocycles. The first kappa shape index (κ1) is 11.9. The summed E-state index contributed by atoms with van der Waals surface area (Å²) in [6.45, 7) is 2.01. The molecule has 2 aromatic rings. The van der Waals surface area contributed by atoms with Crippen molar-refractivity contribution in [2.45, 2.75) is 25.8 Å². The molecule has 0 amide bonds. The quantitative estimate of drug-likeness (QED) is 0.878. The molecule has 3 heteroatoms. The molecule has 17 heavy (non-hydrogen) atoms. The van der Waals surface area contributed by atoms with E-state index in [1.807, 2.05) is 25.1 Å². The van der Waals surface area contributed by atoms with Crippen molar-refractivity contribution in [3.05, 3.63) is 35.9 Å². The van der Waals surface area contributed by atoms with Gasteiger partial charge in [0.15, 0.2) is 0 Å². The topological polar surface area (TPSA) is 48.1 Å². The predicted molar refractivity (Wildman–Crippen MR) is 70.3 cm³/mol. The molecule has 90 valence electrons. The molecular formula is C14H18N2O. The second-order valence-electron chi connectivity index (χ2n) is 4.37. The Morgan fingerprint density at radius 2 is 2.12 bits per heavy atom. The first-order valence-electron chi connectivity index (χ1n) is 5.89. The van der Waals surface area contributed by atoms with E-state index in [0.29, 0.717) is 5.88 Å². The molecule has 2 rings (SSSR count). The minimum atomic E-state index is 0.200. The van der Waals surface area contributed by atoms with Crippen LogP contribution in [0.15, 0.2) is 30.3 Å². The molecule has 1 aromatic heterocycles. The third kappa shape index (κ3) is 2.74. The van der Waals surface area contributed by atoms with Crippen LogP contribution in [-0.4, -0.2) is 18.1 Å². The van der Waals surface area contributed by atoms with E-state index < -0.39 is 0 Å². The van der Waals surface area contributed by atoms with Crippen LogP contribution in [0.2, 0.25) is 0 Å². The molecule has 0 spiro atoms. The largest absolute Gasteiger partial charge is 0.481 e. The number of para-hydroxylation sites is 1. The normalized spacial score (nSPS) is 12.6. The number of aromatic nitrogens is 1. The monoisotopic (exact) mass is 230 g/mol. The maximum Gasteiger partial charge on any atom is 0.216 e. The Hall–Kier alpha value is -1.61. The van der Waals surface area contributed by atoms with Crippen LogP contribution in [0.5, 0.6) is 5.88 Å². The van der Waals surface area contributed by atoms with Crippen molar-refractivity contribution in [2.75, 3.05) is 7.11 Å². The van der Waals surface area contributed by atoms with Gasteiger partial charge in [-0.05, 0) is 31.9 Å². The Labute approximate surface area is 102 Å². The fraction of sp³-hybridized carbons (Fsp3) is 0.357. The molecule has 0 unspecified atom stereocenters. The molecule has 1 atom stereocenters. The van der Waals surface area contributed by atoms with Crippen molar-refractivity contribution >= 4 is 10.9 Å². The Morgan fingerprint density at radius 1 is 1.35 bits per heavy atom. The number of fused-ring (bicyclic) bond motifs is 1. The van der Waals surface area contributed by atoms with Gasteiger partial charge in [0, 0.05) is 17.0 Å². The van der Waals surface area contributed by atoms with Gasteiger partial charge in [0.2, 0.25) is 5.88 Å². The minimum Gasteiger partial charge on any atom is -0.481 e. The first-order chi connectivity index (χ1) is 8.20. The summed E-state index contributed by atoms with van der Waals surface area (Å²) in [5, 5.41) is 1.15. The SMILES string of the molecule is COc1nc2ccccc2cc1CC[C@@H](C)N. The van der Waals surface area contributed by atoms with Crippen molar-refractivity contribution in [3.63, 3.8) is 0 Å². The smallest absolute Gasteiger partial charge is 0.216 e. The van der Waals surface area contributed by atoms with E-state index >= 15 is 0 Å². The average Bonchev–Trinajstić information content (AvgIpc) is 2.35. The van der Waals surface area contributed by atoms with Crippen molar-refractivity contribution < 1.29 is 4.74 Å². The zero-order valence-electron chi connectivity index (χ0n) is 10.3. The summed E-state index contributed by atoms with van der Waals surface area (Å²) in [5.74, 6) is 0.712. The van der Waals surface area contributed by atoms with Gasteiger partial charge in [-0.15, -0.1) is 0 Å². The third-order valence-corrected chi connectivity index (χ3v) is 2.83. The van der Waals surface area contributed by atoms with E-state index in [1.165, 1.54) is 0 Å². The van der Waals surface area contributed by atoms with Gasteiger partial charge in [-0.1, -0.05) is 18.2 Å². The van der Waals surface area contributed by atoms with Gasteiger partial charge >= 0.3 is 0 Å². The van der Waals surface area contributed by atoms with Gasteiger partial charge in [-0.3, -0.25) is 0 Å². The Morgan fingerprint density at radius 3 is 2.82 bits per heavy atom. The molecule has 0 fully saturated rings. The molecule has 0 radical (unpaired) electrons. The maximum atomic E-state index is 5.78. The Kier molecular flexibility index (Phi) is 3.59. The van der Waals surface area contributed by atoms with Gasteiger partial charge in [0.25, 0.3) is 0 Å². The summed E-state index contributed by atoms with van der Waals surface area (Å²) in [5.41, 5.74) is 7.88. The molecule has 0 saturated carbocycles. The number of nitrogens with zero attached hydrogens (tertiary/aromatic N) is 1. The highest BCUT2D eigenvalue weighted by atomic mass is 16.5. The lowest BCUT2D eigenvalue weighted by atomic mass is 10.1. The van der Waals surface area contributed by atoms with Crippen molar-refractivity contribution in [1.82, 2.24) is 4.98 Å². The third-order valence-electron chi connectivity index (χ3n) is 2.83. The maximum absolute atomic E-state index is 5.78. The number of methoxy groups -OCH3 is 1. The van der Waals surface area contributed by atoms with Crippen molar-refractivity contribution in [3.8, 4) is 5.88 Å². The lowest BCUT2D eigenvalue weighted by Crippen LogP contribution is -2.15. The molecule has 0 aliphatic rings. The summed E-state index contributed by atoms with van der Waals surface area (Å²) in [6.07, 6.45) is 1.84. The van der Waals surface area contributed by atoms with Gasteiger partial charge in [0.1, 0.15) is 0 Å². The lowest BCUT2D eigenvalue weighted by molar-refractivity contribution is 0.393. The molecule has 1 heterocycles. The Balaban J connectivity index is 2.38. The first-order valence-corrected chi connectivity index (χ1v) is 5.89. The fourth-order valence-corrected chi connectivity index (χ4v) is 1.88. The summed E-state index contributed by atoms with van der Waals surface area (Å²) in [4.78, 5) is 4.51. The number of hydrogen-bond donors (Lipinski definition) is 1. The van der Waals surface area contributed by atoms with E-state index in [-0.39, 0.29) is 6.04 Å². The summed E-state index contributed by atoms with van der Waals surface area (Å²) in [6, 6.07) is 10.4. The summed E-state index contributed by atoms with van der Waals surface area (Å²) >= 11 is 0. The highest BCUT2D eigenvalue weighted by Gasteiger charge is 2.07. The van der Waals surface area contributed by atoms with Crippen LogP contribution in [0.1, 0.15) is 18.9 Å². The number of nitrogens with two attached hydrogens (primary N) is 1. The van der Waals surface area contributed by atoms with E-state index in [1.54, 1.807) is 7.11 Å². The molecule has 0 bridgehead atoms. The van der Waals surface area contributed by atoms with Gasteiger partial charge in [0.05, 0.1) is 12.6 Å². The lowest BCUT2D eigenvalue weighted by Gasteiger charge is -2.10. The van der Waals surface area contributed by atoms with Crippen LogP contribution in [-0.2, 0) is 6.42 Å². The van der Waals surface area contributed by atoms with Gasteiger partial charge in [-0.25, -0.2) is 4.98 Å². The standard InChI is InChI=1S/C14H18N2O/c1-10(15)7-8-12-9-11-5-3-4-6-13(11)16-14(12)17-2/h3-6,9-10H,7-8,15H2,1-2H3/t10-/m1/s1. The molecular weight excluding hydrogens is 212 g/mol. The molecule has 0 saturated heterocycles. The second kappa shape index (κ2) is 5.15. The number of aryl methyl sites for hydroxylation is 1. The van der Waals surface area contributed by atoms with Crippen LogP contribution in [0.4, 0.5) is 0 Å². The zero-order valence-corrected chi connectivity index (χ0v) is 10.3. The number of rotatable bonds is 4. The van der Waals surface area contributed by atoms with E-state index in [9.17, 15) is 0 Å². The highest BCUT2D eigenvalue weighted by Crippen LogP contribution is 2.23. The van der Waals surface area contributed by atoms with Crippen molar-refractivity contribution in [1.29, 1.82) is 0 Å². The average molecular weight is 230 g/mol. The minimum absolute atomic E-state index is 0.200. The van der Waals surface area contributed by atoms with E-state index in [2.05, 4.69) is 17.1 Å². The fourth-order valence-electron chi connectivity index (χ4n) is 1.88. The molecule has 1 aromatic carbocycles. The predicted octanol–water partition coefficient (Wildman–Crippen LogP) is 2.52.